The average molecular weight is 461 g/mol. The van der Waals surface area contributed by atoms with Crippen molar-refractivity contribution in [2.45, 2.75) is 27.3 Å². The summed E-state index contributed by atoms with van der Waals surface area (Å²) in [6.45, 7) is 5.51. The number of nitrogens with one attached hydrogen (secondary N) is 1. The number of carbonyl (C=O) groups is 2. The summed E-state index contributed by atoms with van der Waals surface area (Å²) in [7, 11) is 0. The summed E-state index contributed by atoms with van der Waals surface area (Å²) in [5.74, 6) is -0.230. The molecule has 0 spiro atoms. The number of carbonyl (C=O) groups excluding carboxylic acids is 2. The van der Waals surface area contributed by atoms with Gasteiger partial charge in [0.05, 0.1) is 12.2 Å². The first-order valence-electron chi connectivity index (χ1n) is 10.6. The molecule has 10 heteroatoms. The molecule has 1 amide bonds. The number of rotatable bonds is 7. The van der Waals surface area contributed by atoms with E-state index in [0.717, 1.165) is 15.8 Å². The molecule has 0 aliphatic rings. The quantitative estimate of drug-likeness (QED) is 0.420. The first-order chi connectivity index (χ1) is 16.4. The number of ether oxygens (including phenoxy) is 2. The van der Waals surface area contributed by atoms with Gasteiger partial charge in [0.2, 0.25) is 11.6 Å². The zero-order chi connectivity index (χ0) is 24.2. The highest BCUT2D eigenvalue weighted by Crippen LogP contribution is 2.27. The van der Waals surface area contributed by atoms with Crippen LogP contribution in [0.1, 0.15) is 28.4 Å². The van der Waals surface area contributed by atoms with Crippen molar-refractivity contribution in [3.05, 3.63) is 82.0 Å². The molecule has 0 bridgehead atoms. The summed E-state index contributed by atoms with van der Waals surface area (Å²) in [6.07, 6.45) is 2.89. The van der Waals surface area contributed by atoms with Gasteiger partial charge in [-0.05, 0) is 56.2 Å². The zero-order valence-electron chi connectivity index (χ0n) is 18.9. The minimum Gasteiger partial charge on any atom is -0.462 e. The number of aromatic nitrogens is 4. The summed E-state index contributed by atoms with van der Waals surface area (Å²) < 4.78 is 13.2. The molecule has 0 fully saturated rings. The lowest BCUT2D eigenvalue weighted by Gasteiger charge is -2.09. The Hall–Kier alpha value is -4.47. The number of fused-ring (bicyclic) bond motifs is 1. The number of anilines is 1. The third-order valence-electron chi connectivity index (χ3n) is 5.18. The van der Waals surface area contributed by atoms with Gasteiger partial charge in [0, 0.05) is 18.1 Å². The second-order valence-electron chi connectivity index (χ2n) is 7.52. The molecule has 2 aromatic carbocycles. The number of nitrogens with zero attached hydrogens (tertiary/aromatic N) is 4. The summed E-state index contributed by atoms with van der Waals surface area (Å²) >= 11 is 0. The lowest BCUT2D eigenvalue weighted by atomic mass is 10.1. The number of benzene rings is 2. The maximum absolute atomic E-state index is 12.8. The topological polar surface area (TPSA) is 117 Å². The van der Waals surface area contributed by atoms with Crippen LogP contribution in [0.15, 0.2) is 59.7 Å². The molecule has 0 saturated heterocycles. The molecular weight excluding hydrogens is 438 g/mol. The van der Waals surface area contributed by atoms with E-state index in [1.807, 2.05) is 26.0 Å². The van der Waals surface area contributed by atoms with Crippen LogP contribution in [0.25, 0.3) is 5.65 Å². The first kappa shape index (κ1) is 22.7. The van der Waals surface area contributed by atoms with Crippen LogP contribution >= 0.6 is 0 Å². The molecule has 174 valence electrons. The largest absolute Gasteiger partial charge is 0.462 e. The van der Waals surface area contributed by atoms with Crippen molar-refractivity contribution >= 4 is 23.2 Å². The predicted octanol–water partition coefficient (Wildman–Crippen LogP) is 3.12. The van der Waals surface area contributed by atoms with Crippen LogP contribution < -0.4 is 15.7 Å². The van der Waals surface area contributed by atoms with Gasteiger partial charge in [-0.1, -0.05) is 18.2 Å². The van der Waals surface area contributed by atoms with E-state index in [9.17, 15) is 14.4 Å². The lowest BCUT2D eigenvalue weighted by Crippen LogP contribution is -2.28. The van der Waals surface area contributed by atoms with Crippen LogP contribution in [0, 0.1) is 13.8 Å². The van der Waals surface area contributed by atoms with Crippen molar-refractivity contribution in [2.24, 2.45) is 0 Å². The van der Waals surface area contributed by atoms with Crippen molar-refractivity contribution < 1.29 is 19.1 Å². The van der Waals surface area contributed by atoms with E-state index >= 15 is 0 Å². The zero-order valence-corrected chi connectivity index (χ0v) is 18.9. The van der Waals surface area contributed by atoms with Crippen molar-refractivity contribution in [1.82, 2.24) is 19.2 Å². The summed E-state index contributed by atoms with van der Waals surface area (Å²) in [6, 6.07) is 12.0. The highest BCUT2D eigenvalue weighted by atomic mass is 16.5. The van der Waals surface area contributed by atoms with E-state index in [2.05, 4.69) is 15.4 Å². The van der Waals surface area contributed by atoms with Crippen LogP contribution in [0.4, 0.5) is 5.69 Å². The van der Waals surface area contributed by atoms with E-state index in [1.165, 1.54) is 22.9 Å². The molecule has 10 nitrogen and oxygen atoms in total. The monoisotopic (exact) mass is 461 g/mol. The Kier molecular flexibility index (Phi) is 6.39. The molecule has 34 heavy (non-hydrogen) atoms. The van der Waals surface area contributed by atoms with Crippen LogP contribution in [-0.2, 0) is 16.1 Å². The van der Waals surface area contributed by atoms with Crippen LogP contribution in [-0.4, -0.2) is 37.6 Å². The summed E-state index contributed by atoms with van der Waals surface area (Å²) in [5.41, 5.74) is 2.37. The SMILES string of the molecule is CCOC(=O)c1cccc(NC(=O)Cn2nc3c(Oc4cccc(C)c4C)nccn3c2=O)c1. The fourth-order valence-corrected chi connectivity index (χ4v) is 3.31. The Morgan fingerprint density at radius 2 is 1.91 bits per heavy atom. The van der Waals surface area contributed by atoms with Crippen molar-refractivity contribution in [2.75, 3.05) is 11.9 Å². The van der Waals surface area contributed by atoms with E-state index in [-0.39, 0.29) is 24.7 Å². The third-order valence-corrected chi connectivity index (χ3v) is 5.18. The molecule has 0 saturated carbocycles. The summed E-state index contributed by atoms with van der Waals surface area (Å²) in [5, 5.41) is 6.92. The summed E-state index contributed by atoms with van der Waals surface area (Å²) in [4.78, 5) is 41.5. The minimum absolute atomic E-state index is 0.148. The second-order valence-corrected chi connectivity index (χ2v) is 7.52. The van der Waals surface area contributed by atoms with Crippen molar-refractivity contribution in [1.29, 1.82) is 0 Å². The van der Waals surface area contributed by atoms with Gasteiger partial charge in [-0.3, -0.25) is 4.79 Å². The van der Waals surface area contributed by atoms with E-state index in [4.69, 9.17) is 9.47 Å². The molecular formula is C24H23N5O5. The normalized spacial score (nSPS) is 10.8. The Morgan fingerprint density at radius 1 is 1.12 bits per heavy atom. The smallest absolute Gasteiger partial charge is 0.351 e. The molecule has 2 aromatic heterocycles. The molecule has 1 N–H and O–H groups in total. The maximum atomic E-state index is 12.8. The Bertz CT molecular complexity index is 1440. The van der Waals surface area contributed by atoms with E-state index < -0.39 is 17.6 Å². The lowest BCUT2D eigenvalue weighted by molar-refractivity contribution is -0.117. The minimum atomic E-state index is -0.515. The molecule has 4 rings (SSSR count). The van der Waals surface area contributed by atoms with Gasteiger partial charge in [0.25, 0.3) is 5.88 Å². The van der Waals surface area contributed by atoms with Gasteiger partial charge >= 0.3 is 11.7 Å². The molecule has 2 heterocycles. The number of hydrogen-bond acceptors (Lipinski definition) is 7. The van der Waals surface area contributed by atoms with Gasteiger partial charge < -0.3 is 14.8 Å². The molecule has 0 aliphatic carbocycles. The molecule has 0 atom stereocenters. The Balaban J connectivity index is 1.56. The van der Waals surface area contributed by atoms with Crippen LogP contribution in [0.5, 0.6) is 11.6 Å². The van der Waals surface area contributed by atoms with E-state index in [1.54, 1.807) is 31.2 Å². The van der Waals surface area contributed by atoms with Gasteiger partial charge in [0.1, 0.15) is 12.3 Å². The van der Waals surface area contributed by atoms with Gasteiger partial charge in [-0.2, -0.15) is 0 Å². The van der Waals surface area contributed by atoms with Gasteiger partial charge in [-0.25, -0.2) is 23.7 Å². The fraction of sp³-hybridized carbons (Fsp3) is 0.208. The molecule has 0 aliphatic heterocycles. The number of esters is 1. The third kappa shape index (κ3) is 4.65. The van der Waals surface area contributed by atoms with Crippen LogP contribution in [0.2, 0.25) is 0 Å². The van der Waals surface area contributed by atoms with Gasteiger partial charge in [-0.15, -0.1) is 5.10 Å². The number of hydrogen-bond donors (Lipinski definition) is 1. The second kappa shape index (κ2) is 9.57. The van der Waals surface area contributed by atoms with Crippen LogP contribution in [0.3, 0.4) is 0 Å². The fourth-order valence-electron chi connectivity index (χ4n) is 3.31. The van der Waals surface area contributed by atoms with Gasteiger partial charge in [0.15, 0.2) is 0 Å². The Labute approximate surface area is 194 Å². The molecule has 4 aromatic rings. The highest BCUT2D eigenvalue weighted by molar-refractivity contribution is 5.94. The highest BCUT2D eigenvalue weighted by Gasteiger charge is 2.17. The number of aryl methyl sites for hydroxylation is 1. The standard InChI is InChI=1S/C24H23N5O5/c1-4-33-23(31)17-8-6-9-18(13-17)26-20(30)14-29-24(32)28-12-11-25-22(21(28)27-29)34-19-10-5-7-15(2)16(19)3/h5-13H,4,14H2,1-3H3,(H,26,30). The van der Waals surface area contributed by atoms with Crippen molar-refractivity contribution in [3.63, 3.8) is 0 Å². The number of amides is 1. The molecule has 0 unspecified atom stereocenters. The maximum Gasteiger partial charge on any atom is 0.351 e. The first-order valence-corrected chi connectivity index (χ1v) is 10.6. The van der Waals surface area contributed by atoms with Crippen molar-refractivity contribution in [3.8, 4) is 11.6 Å². The average Bonchev–Trinajstić information content (AvgIpc) is 3.13. The predicted molar refractivity (Wildman–Crippen MR) is 124 cm³/mol. The molecule has 0 radical (unpaired) electrons. The van der Waals surface area contributed by atoms with E-state index in [0.29, 0.717) is 17.0 Å². The Morgan fingerprint density at radius 3 is 2.71 bits per heavy atom.